The standard InChI is InChI=1S/C24H40N2O2.C21H40N2O3.C20H39N3O3.C17H33NO2.CH4/c1-23(2,3)22(28)19(14-10-11-15-25)17-21(27)20(26-24(4,5)6)16-18-12-8-7-9-13-18;1-14(2)18(23-21(7,8)9)17(25)13-16(19(26)20(4,5)6)11-10-12-22-15(3)24;1-13(2)14(12-19(3,4)5)17(25)23-15(16(24)20(6,7)8)10-9-11-22-18(21)26;1-11(2)14(18-17(7,8)9)13(19)10-12(3)15(20)16(4,5)6;/h7-9,12-13,19-20,26H,10-11,14-17,25H2,1-6H3;14,16,18,23H,10-13H2,1-9H3,(H,22,24);13-15H,9-12H2,1-8H3,(H,23,25)(H3,21,22,26);11-12,14,18H,10H2,1-9H3;1H4. The molecule has 0 aliphatic rings. The number of urea groups is 1. The second-order valence-corrected chi connectivity index (χ2v) is 37.7. The smallest absolute Gasteiger partial charge is 0.312 e. The number of Topliss-reactive ketones (excluding diaryl/α,β-unsaturated/α-hetero) is 7. The first-order valence-corrected chi connectivity index (χ1v) is 37.4. The molecule has 8 unspecified atom stereocenters. The maximum Gasteiger partial charge on any atom is 0.312 e. The predicted molar refractivity (Wildman–Crippen MR) is 421 cm³/mol. The van der Waals surface area contributed by atoms with Crippen LogP contribution >= 0.6 is 0 Å². The van der Waals surface area contributed by atoms with Crippen LogP contribution in [-0.2, 0) is 49.6 Å². The maximum absolute atomic E-state index is 13.3. The zero-order valence-electron chi connectivity index (χ0n) is 69.6. The van der Waals surface area contributed by atoms with E-state index in [-0.39, 0.29) is 153 Å². The zero-order valence-corrected chi connectivity index (χ0v) is 69.6. The fourth-order valence-electron chi connectivity index (χ4n) is 11.7. The van der Waals surface area contributed by atoms with Gasteiger partial charge in [0.15, 0.2) is 23.1 Å². The number of hydrogen-bond acceptors (Lipinski definition) is 14. The van der Waals surface area contributed by atoms with Crippen molar-refractivity contribution >= 4 is 58.3 Å². The minimum absolute atomic E-state index is 0. The number of nitrogens with two attached hydrogens (primary N) is 2. The number of nitrogens with one attached hydrogen (secondary N) is 6. The van der Waals surface area contributed by atoms with Crippen LogP contribution in [0.25, 0.3) is 0 Å². The molecule has 8 atom stereocenters. The third-order valence-electron chi connectivity index (χ3n) is 16.7. The first-order chi connectivity index (χ1) is 45.0. The molecule has 0 aliphatic heterocycles. The van der Waals surface area contributed by atoms with E-state index in [1.807, 2.05) is 183 Å². The van der Waals surface area contributed by atoms with E-state index in [0.717, 1.165) is 31.2 Å². The monoisotopic (exact) mass is 1430 g/mol. The topological polar surface area (TPSA) is 295 Å². The van der Waals surface area contributed by atoms with Gasteiger partial charge in [-0.15, -0.1) is 0 Å². The number of primary amides is 1. The number of amides is 4. The van der Waals surface area contributed by atoms with Gasteiger partial charge in [-0.3, -0.25) is 43.2 Å². The highest BCUT2D eigenvalue weighted by atomic mass is 16.2. The molecule has 0 bridgehead atoms. The molecular weight excluding hydrogens is 1270 g/mol. The SMILES string of the molecule is C.CC(=O)NCCCC(CC(=O)C(NC(C)(C)C)C(C)C)C(=O)C(C)(C)C.CC(C)(C)NC(Cc1ccccc1)C(=O)CC(CCCCN)C(=O)C(C)(C)C.CC(C)C(CC(C)(C)C)C(=O)NC(CCCNC(N)=O)C(=O)C(C)(C)C.CC(CC(=O)C(NC(C)(C)C)C(C)C)C(=O)C(C)(C)C. The first-order valence-electron chi connectivity index (χ1n) is 37.4. The quantitative estimate of drug-likeness (QED) is 0.0290. The lowest BCUT2D eigenvalue weighted by atomic mass is 9.77. The van der Waals surface area contributed by atoms with Crippen LogP contribution in [0.2, 0.25) is 0 Å². The van der Waals surface area contributed by atoms with Crippen molar-refractivity contribution in [3.63, 3.8) is 0 Å². The summed E-state index contributed by atoms with van der Waals surface area (Å²) in [6, 6.07) is 8.16. The van der Waals surface area contributed by atoms with E-state index in [2.05, 4.69) is 94.2 Å². The van der Waals surface area contributed by atoms with Gasteiger partial charge in [0.1, 0.15) is 17.3 Å². The summed E-state index contributed by atoms with van der Waals surface area (Å²) >= 11 is 0. The lowest BCUT2D eigenvalue weighted by molar-refractivity contribution is -0.135. The fraction of sp³-hybridized carbons (Fsp3) is 0.807. The summed E-state index contributed by atoms with van der Waals surface area (Å²) in [6.45, 7) is 64.7. The summed E-state index contributed by atoms with van der Waals surface area (Å²) in [6.07, 6.45) is 7.11. The molecule has 101 heavy (non-hydrogen) atoms. The normalized spacial score (nSPS) is 14.8. The van der Waals surface area contributed by atoms with E-state index >= 15 is 0 Å². The van der Waals surface area contributed by atoms with Gasteiger partial charge in [-0.25, -0.2) is 4.79 Å². The van der Waals surface area contributed by atoms with Crippen LogP contribution in [0.15, 0.2) is 30.3 Å². The van der Waals surface area contributed by atoms with Crippen LogP contribution in [0.5, 0.6) is 0 Å². The molecule has 18 heteroatoms. The zero-order chi connectivity index (χ0) is 79.1. The average molecular weight is 1430 g/mol. The number of benzene rings is 1. The van der Waals surface area contributed by atoms with Gasteiger partial charge in [0.2, 0.25) is 11.8 Å². The van der Waals surface area contributed by atoms with Crippen LogP contribution in [-0.4, -0.2) is 119 Å². The molecule has 10 N–H and O–H groups in total. The second-order valence-electron chi connectivity index (χ2n) is 37.7. The molecule has 18 nitrogen and oxygen atoms in total. The van der Waals surface area contributed by atoms with Crippen LogP contribution in [0.3, 0.4) is 0 Å². The number of carbonyl (C=O) groups excluding carboxylic acids is 10. The number of hydrogen-bond donors (Lipinski definition) is 8. The second kappa shape index (κ2) is 46.0. The van der Waals surface area contributed by atoms with Crippen LogP contribution in [0.4, 0.5) is 4.79 Å². The van der Waals surface area contributed by atoms with Gasteiger partial charge in [-0.1, -0.05) is 197 Å². The van der Waals surface area contributed by atoms with Gasteiger partial charge in [-0.05, 0) is 149 Å². The molecule has 0 spiro atoms. The number of ketones is 7. The molecule has 1 aromatic carbocycles. The van der Waals surface area contributed by atoms with Crippen molar-refractivity contribution in [1.29, 1.82) is 0 Å². The van der Waals surface area contributed by atoms with E-state index in [4.69, 9.17) is 11.5 Å². The van der Waals surface area contributed by atoms with Gasteiger partial charge in [0.25, 0.3) is 0 Å². The van der Waals surface area contributed by atoms with E-state index in [1.165, 1.54) is 6.92 Å². The number of carbonyl (C=O) groups is 10. The summed E-state index contributed by atoms with van der Waals surface area (Å²) in [5, 5.41) is 18.5. The van der Waals surface area contributed by atoms with E-state index in [1.54, 1.807) is 0 Å². The number of rotatable bonds is 36. The fourth-order valence-corrected chi connectivity index (χ4v) is 11.7. The third-order valence-corrected chi connectivity index (χ3v) is 16.7. The van der Waals surface area contributed by atoms with Gasteiger partial charge < -0.3 is 43.4 Å². The lowest BCUT2D eigenvalue weighted by Gasteiger charge is -2.32. The lowest BCUT2D eigenvalue weighted by Crippen LogP contribution is -2.51. The minimum Gasteiger partial charge on any atom is -0.356 e. The highest BCUT2D eigenvalue weighted by Crippen LogP contribution is 2.32. The molecule has 1 aromatic rings. The Morgan fingerprint density at radius 1 is 0.436 bits per heavy atom. The molecule has 0 fully saturated rings. The van der Waals surface area contributed by atoms with Crippen molar-refractivity contribution in [2.75, 3.05) is 19.6 Å². The van der Waals surface area contributed by atoms with E-state index in [0.29, 0.717) is 64.6 Å². The minimum atomic E-state index is -0.585. The highest BCUT2D eigenvalue weighted by molar-refractivity contribution is 5.95. The molecule has 1 rings (SSSR count). The summed E-state index contributed by atoms with van der Waals surface area (Å²) in [5.41, 5.74) is 9.52. The Balaban J connectivity index is -0.000000623. The third kappa shape index (κ3) is 48.6. The van der Waals surface area contributed by atoms with Gasteiger partial charge in [0.05, 0.1) is 24.2 Å². The van der Waals surface area contributed by atoms with Crippen LogP contribution in [0.1, 0.15) is 305 Å². The summed E-state index contributed by atoms with van der Waals surface area (Å²) in [5.74, 6) is 0.325. The van der Waals surface area contributed by atoms with Gasteiger partial charge in [-0.2, -0.15) is 0 Å². The summed E-state index contributed by atoms with van der Waals surface area (Å²) < 4.78 is 0. The molecule has 0 saturated heterocycles. The van der Waals surface area contributed by atoms with Crippen molar-refractivity contribution in [3.05, 3.63) is 35.9 Å². The van der Waals surface area contributed by atoms with Crippen LogP contribution in [0, 0.1) is 68.5 Å². The Bertz CT molecular complexity index is 2560. The highest BCUT2D eigenvalue weighted by Gasteiger charge is 2.38. The largest absolute Gasteiger partial charge is 0.356 e. The van der Waals surface area contributed by atoms with Crippen molar-refractivity contribution in [2.45, 2.75) is 347 Å². The molecule has 588 valence electrons. The Hall–Kier alpha value is -5.04. The van der Waals surface area contributed by atoms with Crippen molar-refractivity contribution in [2.24, 2.45) is 80.0 Å². The molecule has 0 aliphatic carbocycles. The van der Waals surface area contributed by atoms with Crippen LogP contribution < -0.4 is 43.4 Å². The summed E-state index contributed by atoms with van der Waals surface area (Å²) in [7, 11) is 0. The van der Waals surface area contributed by atoms with Crippen molar-refractivity contribution < 1.29 is 47.9 Å². The number of unbranched alkanes of at least 4 members (excludes halogenated alkanes) is 1. The molecule has 4 amide bonds. The Morgan fingerprint density at radius 2 is 0.822 bits per heavy atom. The Morgan fingerprint density at radius 3 is 1.18 bits per heavy atom. The molecule has 0 heterocycles. The predicted octanol–water partition coefficient (Wildman–Crippen LogP) is 15.3. The Kier molecular flexibility index (Phi) is 46.6. The molecular formula is C83H156N8O10. The molecule has 0 radical (unpaired) electrons. The van der Waals surface area contributed by atoms with Gasteiger partial charge >= 0.3 is 6.03 Å². The molecule has 0 saturated carbocycles. The van der Waals surface area contributed by atoms with E-state index < -0.39 is 28.3 Å². The van der Waals surface area contributed by atoms with Crippen molar-refractivity contribution in [1.82, 2.24) is 31.9 Å². The van der Waals surface area contributed by atoms with Gasteiger partial charge in [0, 0.05) is 101 Å². The van der Waals surface area contributed by atoms with E-state index in [9.17, 15) is 47.9 Å². The van der Waals surface area contributed by atoms with Crippen molar-refractivity contribution in [3.8, 4) is 0 Å². The maximum atomic E-state index is 13.3. The molecule has 0 aromatic heterocycles. The Labute approximate surface area is 617 Å². The summed E-state index contributed by atoms with van der Waals surface area (Å²) in [4.78, 5) is 124. The first kappa shape index (κ1) is 102. The average Bonchev–Trinajstić information content (AvgIpc) is 0.859.